The molecule has 0 fully saturated rings. The highest BCUT2D eigenvalue weighted by Crippen LogP contribution is 2.56. The second kappa shape index (κ2) is 28.6. The molecule has 0 amide bonds. The molecular weight excluding hydrogens is 1650 g/mol. The first-order valence-electron chi connectivity index (χ1n) is 46.3. The SMILES string of the molecule is CC1(C)c2cccc3c4cccc5ccc6ccc1c(c23)c6c54.c1ccc(-c2cccc(N(c3ccc(-c4cccc(-c5cc6ccc7cccc8c9ccnc%10oc5c(c%109)c6c78)c4)cc3)c3ccc4oc5ccccc5c4c3)c2)cc1.c1ccc(N(c2ccc(-c3cccc(-c4cc5ccc6cccc7c8ccnc9oc4c(c98)c5c67)c3)cc2)c2ccc3oc4ccccc4c3c2)cc1. The van der Waals surface area contributed by atoms with Crippen molar-refractivity contribution in [1.82, 2.24) is 9.97 Å². The summed E-state index contributed by atoms with van der Waals surface area (Å²) in [5.41, 5.74) is 27.4. The Labute approximate surface area is 772 Å². The number of hydrogen-bond acceptors (Lipinski definition) is 8. The third-order valence-corrected chi connectivity index (χ3v) is 29.2. The van der Waals surface area contributed by atoms with Gasteiger partial charge in [0.05, 0.1) is 10.8 Å². The molecule has 6 heterocycles. The van der Waals surface area contributed by atoms with E-state index >= 15 is 0 Å². The molecule has 6 aromatic heterocycles. The van der Waals surface area contributed by atoms with Crippen molar-refractivity contribution < 1.29 is 17.7 Å². The topological polar surface area (TPSA) is 84.8 Å². The Morgan fingerprint density at radius 1 is 0.193 bits per heavy atom. The highest BCUT2D eigenvalue weighted by atomic mass is 16.3. The van der Waals surface area contributed by atoms with Gasteiger partial charge in [0.15, 0.2) is 0 Å². The lowest BCUT2D eigenvalue weighted by Gasteiger charge is -2.26. The van der Waals surface area contributed by atoms with E-state index < -0.39 is 0 Å². The van der Waals surface area contributed by atoms with Crippen LogP contribution in [0.3, 0.4) is 0 Å². The van der Waals surface area contributed by atoms with Crippen LogP contribution in [-0.4, -0.2) is 9.97 Å². The van der Waals surface area contributed by atoms with Gasteiger partial charge in [-0.1, -0.05) is 293 Å². The van der Waals surface area contributed by atoms with Gasteiger partial charge in [-0.2, -0.15) is 0 Å². The fraction of sp³-hybridized carbons (Fsp3) is 0.0236. The third-order valence-electron chi connectivity index (χ3n) is 29.2. The standard InChI is InChI=1S/C55H32N2O2.C49H28N2O2.C23H16/c1-2-9-33(10-3-1)37-13-7-15-41(30-37)57(42-25-26-49-47(32-42)43-16-4-5-18-48(43)58-49)40-23-21-34(22-24-40)36-12-6-14-38(29-36)46-31-39-20-19-35-11-8-17-44-45-27-28-56-55-52(45)53(54(46)59-55)51(39)50(35)44;1-2-11-34(12-3-1)51(36-22-23-43-41(28-36)37-13-4-5-15-42(37)52-43)35-20-18-29(19-21-35)31-9-6-10-32(26-31)40-27-33-17-16-30-8-7-14-38-39-24-25-50-49-46(39)47(48(40)53-49)45(33)44(30)38;1-23(2)17-8-4-7-16-15-6-3-5-13-9-10-14-11-12-18(23)22(21(16)17)20(14)19(13)15/h1-32H;1-28H;3-12H,1-2H3. The zero-order valence-electron chi connectivity index (χ0n) is 73.3. The van der Waals surface area contributed by atoms with Gasteiger partial charge in [0, 0.05) is 106 Å². The smallest absolute Gasteiger partial charge is 0.227 e. The summed E-state index contributed by atoms with van der Waals surface area (Å²) in [5.74, 6) is 0. The van der Waals surface area contributed by atoms with Gasteiger partial charge < -0.3 is 27.5 Å². The molecule has 0 radical (unpaired) electrons. The zero-order chi connectivity index (χ0) is 88.6. The molecule has 0 aliphatic heterocycles. The van der Waals surface area contributed by atoms with Gasteiger partial charge in [0.2, 0.25) is 11.4 Å². The molecule has 0 unspecified atom stereocenters. The van der Waals surface area contributed by atoms with Crippen LogP contribution in [0.4, 0.5) is 34.1 Å². The highest BCUT2D eigenvalue weighted by molar-refractivity contribution is 6.42. The number of furan rings is 4. The minimum absolute atomic E-state index is 0.0824. The number of aromatic nitrogens is 2. The van der Waals surface area contributed by atoms with E-state index in [1.807, 2.05) is 36.7 Å². The summed E-state index contributed by atoms with van der Waals surface area (Å²) in [6.45, 7) is 4.73. The predicted octanol–water partition coefficient (Wildman–Crippen LogP) is 36.1. The van der Waals surface area contributed by atoms with E-state index in [0.717, 1.165) is 161 Å². The maximum atomic E-state index is 6.70. The minimum atomic E-state index is 0.0824. The Balaban J connectivity index is 0.000000107. The van der Waals surface area contributed by atoms with Crippen LogP contribution < -0.4 is 9.80 Å². The van der Waals surface area contributed by atoms with Crippen LogP contribution in [0.1, 0.15) is 25.0 Å². The molecule has 628 valence electrons. The summed E-state index contributed by atoms with van der Waals surface area (Å²) < 4.78 is 25.7. The first-order chi connectivity index (χ1) is 66.7. The van der Waals surface area contributed by atoms with Crippen molar-refractivity contribution >= 4 is 230 Å². The molecule has 0 saturated heterocycles. The van der Waals surface area contributed by atoms with Gasteiger partial charge in [-0.15, -0.1) is 0 Å². The highest BCUT2D eigenvalue weighted by Gasteiger charge is 2.36. The van der Waals surface area contributed by atoms with Crippen molar-refractivity contribution in [2.24, 2.45) is 0 Å². The van der Waals surface area contributed by atoms with Crippen LogP contribution in [0.2, 0.25) is 0 Å². The molecule has 30 aromatic rings. The number of rotatable bonds is 11. The van der Waals surface area contributed by atoms with E-state index in [9.17, 15) is 0 Å². The molecular formula is C127H76N4O4. The average Bonchev–Trinajstić information content (AvgIpc) is 1.54. The summed E-state index contributed by atoms with van der Waals surface area (Å²) in [7, 11) is 0. The number of para-hydroxylation sites is 3. The first kappa shape index (κ1) is 75.1. The molecule has 24 aromatic carbocycles. The van der Waals surface area contributed by atoms with Crippen molar-refractivity contribution in [1.29, 1.82) is 0 Å². The van der Waals surface area contributed by atoms with Gasteiger partial charge >= 0.3 is 0 Å². The van der Waals surface area contributed by atoms with Crippen molar-refractivity contribution in [2.75, 3.05) is 9.80 Å². The van der Waals surface area contributed by atoms with E-state index in [0.29, 0.717) is 11.4 Å². The quantitative estimate of drug-likeness (QED) is 0.0935. The summed E-state index contributed by atoms with van der Waals surface area (Å²) in [5, 5.41) is 35.2. The Kier molecular flexibility index (Phi) is 15.9. The van der Waals surface area contributed by atoms with Gasteiger partial charge in [-0.25, -0.2) is 9.97 Å². The van der Waals surface area contributed by atoms with Crippen LogP contribution in [-0.2, 0) is 5.41 Å². The number of benzene rings is 24. The van der Waals surface area contributed by atoms with Gasteiger partial charge in [-0.05, 0) is 286 Å². The molecule has 31 rings (SSSR count). The minimum Gasteiger partial charge on any atom is -0.456 e. The van der Waals surface area contributed by atoms with Crippen molar-refractivity contribution in [3.63, 3.8) is 0 Å². The van der Waals surface area contributed by atoms with E-state index in [2.05, 4.69) is 412 Å². The van der Waals surface area contributed by atoms with Crippen LogP contribution in [0, 0.1) is 0 Å². The Morgan fingerprint density at radius 3 is 1.05 bits per heavy atom. The molecule has 1 aliphatic carbocycles. The van der Waals surface area contributed by atoms with Crippen molar-refractivity contribution in [3.05, 3.63) is 436 Å². The molecule has 8 heteroatoms. The van der Waals surface area contributed by atoms with Crippen molar-refractivity contribution in [2.45, 2.75) is 19.3 Å². The molecule has 0 N–H and O–H groups in total. The molecule has 135 heavy (non-hydrogen) atoms. The number of pyridine rings is 2. The lowest BCUT2D eigenvalue weighted by Crippen LogP contribution is -2.15. The van der Waals surface area contributed by atoms with Crippen LogP contribution in [0.5, 0.6) is 0 Å². The normalized spacial score (nSPS) is 12.7. The Morgan fingerprint density at radius 2 is 0.533 bits per heavy atom. The maximum absolute atomic E-state index is 6.70. The number of anilines is 6. The summed E-state index contributed by atoms with van der Waals surface area (Å²) in [6.07, 6.45) is 3.73. The summed E-state index contributed by atoms with van der Waals surface area (Å²) in [4.78, 5) is 14.0. The fourth-order valence-corrected chi connectivity index (χ4v) is 23.1. The van der Waals surface area contributed by atoms with Gasteiger partial charge in [0.25, 0.3) is 0 Å². The zero-order valence-corrected chi connectivity index (χ0v) is 73.3. The number of nitrogens with zero attached hydrogens (tertiary/aromatic N) is 4. The van der Waals surface area contributed by atoms with E-state index in [1.54, 1.807) is 0 Å². The van der Waals surface area contributed by atoms with Gasteiger partial charge in [0.1, 0.15) is 33.5 Å². The number of fused-ring (bicyclic) bond motifs is 9. The van der Waals surface area contributed by atoms with E-state index in [-0.39, 0.29) is 5.41 Å². The summed E-state index contributed by atoms with van der Waals surface area (Å²) >= 11 is 0. The number of hydrogen-bond donors (Lipinski definition) is 0. The molecule has 8 nitrogen and oxygen atoms in total. The monoisotopic (exact) mass is 1720 g/mol. The first-order valence-corrected chi connectivity index (χ1v) is 46.3. The van der Waals surface area contributed by atoms with Gasteiger partial charge in [-0.3, -0.25) is 0 Å². The molecule has 0 bridgehead atoms. The maximum Gasteiger partial charge on any atom is 0.227 e. The lowest BCUT2D eigenvalue weighted by molar-refractivity contribution is 0.655. The molecule has 1 aliphatic rings. The fourth-order valence-electron chi connectivity index (χ4n) is 23.1. The molecule has 0 spiro atoms. The van der Waals surface area contributed by atoms with Crippen LogP contribution >= 0.6 is 0 Å². The van der Waals surface area contributed by atoms with Crippen LogP contribution in [0.15, 0.2) is 443 Å². The molecule has 0 atom stereocenters. The molecule has 0 saturated carbocycles. The van der Waals surface area contributed by atoms with Crippen LogP contribution in [0.25, 0.3) is 251 Å². The van der Waals surface area contributed by atoms with Crippen molar-refractivity contribution in [3.8, 4) is 55.6 Å². The summed E-state index contributed by atoms with van der Waals surface area (Å²) in [6, 6.07) is 148. The Hall–Kier alpha value is -17.7. The second-order valence-electron chi connectivity index (χ2n) is 36.8. The third kappa shape index (κ3) is 11.2. The Bertz CT molecular complexity index is 10100. The average molecular weight is 1720 g/mol. The predicted molar refractivity (Wildman–Crippen MR) is 564 cm³/mol. The second-order valence-corrected chi connectivity index (χ2v) is 36.8. The van der Waals surface area contributed by atoms with E-state index in [4.69, 9.17) is 27.6 Å². The lowest BCUT2D eigenvalue weighted by atomic mass is 9.81. The van der Waals surface area contributed by atoms with E-state index in [1.165, 1.54) is 124 Å². The largest absolute Gasteiger partial charge is 0.456 e.